The Labute approximate surface area is 435 Å². The molecule has 5 aromatic rings. The summed E-state index contributed by atoms with van der Waals surface area (Å²) in [4.78, 5) is 2.72. The Morgan fingerprint density at radius 3 is 0.958 bits per heavy atom. The summed E-state index contributed by atoms with van der Waals surface area (Å²) < 4.78 is 0. The Hall–Kier alpha value is -4.10. The molecule has 0 unspecified atom stereocenters. The van der Waals surface area contributed by atoms with Gasteiger partial charge < -0.3 is 4.90 Å². The molecule has 0 heterocycles. The van der Waals surface area contributed by atoms with Crippen LogP contribution >= 0.6 is 0 Å². The minimum Gasteiger partial charge on any atom is -0.310 e. The molecule has 1 nitrogen and oxygen atoms in total. The molecule has 0 N–H and O–H groups in total. The van der Waals surface area contributed by atoms with Gasteiger partial charge in [-0.1, -0.05) is 252 Å². The topological polar surface area (TPSA) is 3.24 Å². The van der Waals surface area contributed by atoms with Crippen molar-refractivity contribution in [1.29, 1.82) is 0 Å². The van der Waals surface area contributed by atoms with E-state index in [1.807, 2.05) is 0 Å². The first-order chi connectivity index (χ1) is 33.9. The molecule has 0 saturated heterocycles. The van der Waals surface area contributed by atoms with Gasteiger partial charge >= 0.3 is 0 Å². The van der Waals surface area contributed by atoms with E-state index in [9.17, 15) is 0 Å². The van der Waals surface area contributed by atoms with Crippen LogP contribution in [-0.4, -0.2) is 0 Å². The van der Waals surface area contributed by atoms with Gasteiger partial charge in [0.05, 0.1) is 0 Å². The maximum atomic E-state index is 2.72. The van der Waals surface area contributed by atoms with Crippen LogP contribution in [0.25, 0.3) is 22.3 Å². The van der Waals surface area contributed by atoms with E-state index in [1.54, 1.807) is 22.3 Å². The second kappa shape index (κ2) is 21.0. The summed E-state index contributed by atoms with van der Waals surface area (Å²) >= 11 is 0. The van der Waals surface area contributed by atoms with Crippen molar-refractivity contribution < 1.29 is 0 Å². The standard InChI is InChI=1S/C70H97N/c1-15-19-23-27-41-69(42-28-24-20-16-2)60-45-50(5)31-36-55(60)57-38-33-52(47-62(57)69)71(54-35-40-59-64(49-54)66(9,10)68(13,14)67(11,12)65(59,7)8)53-34-39-58-56-37-32-51(6)46-61(56)70(63(58)48-53,43-29-25-21-17-3)44-30-26-22-18-4/h31-40,45-49H,15-30,41-44H2,1-14H3. The van der Waals surface area contributed by atoms with Crippen LogP contribution in [0.5, 0.6) is 0 Å². The van der Waals surface area contributed by atoms with E-state index in [2.05, 4.69) is 193 Å². The van der Waals surface area contributed by atoms with Crippen molar-refractivity contribution in [2.45, 2.75) is 247 Å². The molecule has 382 valence electrons. The van der Waals surface area contributed by atoms with Crippen LogP contribution in [-0.2, 0) is 21.7 Å². The van der Waals surface area contributed by atoms with Gasteiger partial charge in [0, 0.05) is 27.9 Å². The molecule has 0 atom stereocenters. The summed E-state index contributed by atoms with van der Waals surface area (Å²) in [6.45, 7) is 34.3. The smallest absolute Gasteiger partial charge is 0.0465 e. The van der Waals surface area contributed by atoms with Crippen molar-refractivity contribution in [3.63, 3.8) is 0 Å². The van der Waals surface area contributed by atoms with Gasteiger partial charge in [-0.3, -0.25) is 0 Å². The maximum absolute atomic E-state index is 2.72. The molecule has 0 amide bonds. The number of anilines is 3. The lowest BCUT2D eigenvalue weighted by molar-refractivity contribution is -0.0441. The highest BCUT2D eigenvalue weighted by molar-refractivity contribution is 5.89. The SMILES string of the molecule is CCCCCCC1(CCCCCC)c2cc(C)ccc2-c2ccc(N(c3ccc4c(c3)C(CCCCCC)(CCCCCC)c3cc(C)ccc3-4)c3ccc4c(c3)C(C)(C)C(C)(C)C(C)(C)C4(C)C)cc21. The van der Waals surface area contributed by atoms with Crippen molar-refractivity contribution in [3.8, 4) is 22.3 Å². The van der Waals surface area contributed by atoms with Gasteiger partial charge in [-0.25, -0.2) is 0 Å². The van der Waals surface area contributed by atoms with E-state index in [-0.39, 0.29) is 32.5 Å². The highest BCUT2D eigenvalue weighted by atomic mass is 15.1. The predicted molar refractivity (Wildman–Crippen MR) is 312 cm³/mol. The molecule has 8 rings (SSSR count). The first kappa shape index (κ1) is 53.2. The summed E-state index contributed by atoms with van der Waals surface area (Å²) in [6, 6.07) is 38.1. The molecule has 3 aliphatic carbocycles. The summed E-state index contributed by atoms with van der Waals surface area (Å²) in [7, 11) is 0. The summed E-state index contributed by atoms with van der Waals surface area (Å²) in [5.41, 5.74) is 21.9. The molecular formula is C70H97N. The lowest BCUT2D eigenvalue weighted by Gasteiger charge is -2.64. The van der Waals surface area contributed by atoms with Crippen molar-refractivity contribution in [2.24, 2.45) is 10.8 Å². The second-order valence-corrected chi connectivity index (χ2v) is 25.5. The average molecular weight is 953 g/mol. The molecule has 0 radical (unpaired) electrons. The van der Waals surface area contributed by atoms with Gasteiger partial charge in [-0.05, 0) is 153 Å². The maximum Gasteiger partial charge on any atom is 0.0465 e. The Kier molecular flexibility index (Phi) is 15.8. The third-order valence-electron chi connectivity index (χ3n) is 20.6. The Morgan fingerprint density at radius 1 is 0.310 bits per heavy atom. The third-order valence-corrected chi connectivity index (χ3v) is 20.6. The number of fused-ring (bicyclic) bond motifs is 7. The van der Waals surface area contributed by atoms with E-state index in [0.29, 0.717) is 0 Å². The minimum absolute atomic E-state index is 0.000888. The quantitative estimate of drug-likeness (QED) is 0.0590. The van der Waals surface area contributed by atoms with Crippen LogP contribution in [0.1, 0.15) is 256 Å². The molecule has 1 heteroatoms. The van der Waals surface area contributed by atoms with Crippen molar-refractivity contribution >= 4 is 17.1 Å². The minimum atomic E-state index is -0.0593. The van der Waals surface area contributed by atoms with E-state index in [1.165, 1.54) is 190 Å². The van der Waals surface area contributed by atoms with Crippen LogP contribution in [0.2, 0.25) is 0 Å². The number of hydrogen-bond donors (Lipinski definition) is 0. The predicted octanol–water partition coefficient (Wildman–Crippen LogP) is 21.8. The first-order valence-electron chi connectivity index (χ1n) is 29.4. The average Bonchev–Trinajstić information content (AvgIpc) is 3.76. The summed E-state index contributed by atoms with van der Waals surface area (Å²) in [5, 5.41) is 0. The molecule has 5 aromatic carbocycles. The van der Waals surface area contributed by atoms with E-state index >= 15 is 0 Å². The Bertz CT molecular complexity index is 2490. The van der Waals surface area contributed by atoms with Gasteiger partial charge in [-0.2, -0.15) is 0 Å². The van der Waals surface area contributed by atoms with Crippen LogP contribution in [0.15, 0.2) is 91.0 Å². The Morgan fingerprint density at radius 2 is 0.606 bits per heavy atom. The van der Waals surface area contributed by atoms with Crippen molar-refractivity contribution in [1.82, 2.24) is 0 Å². The number of nitrogens with zero attached hydrogens (tertiary/aromatic N) is 1. The zero-order valence-corrected chi connectivity index (χ0v) is 47.7. The summed E-state index contributed by atoms with van der Waals surface area (Å²) in [5.74, 6) is 0. The highest BCUT2D eigenvalue weighted by Gasteiger charge is 2.60. The van der Waals surface area contributed by atoms with Crippen LogP contribution in [0, 0.1) is 24.7 Å². The van der Waals surface area contributed by atoms with Gasteiger partial charge in [0.15, 0.2) is 0 Å². The fourth-order valence-corrected chi connectivity index (χ4v) is 14.6. The van der Waals surface area contributed by atoms with E-state index < -0.39 is 0 Å². The largest absolute Gasteiger partial charge is 0.310 e. The van der Waals surface area contributed by atoms with Gasteiger partial charge in [-0.15, -0.1) is 0 Å². The zero-order valence-electron chi connectivity index (χ0n) is 47.7. The fraction of sp³-hybridized carbons (Fsp3) is 0.571. The molecule has 71 heavy (non-hydrogen) atoms. The summed E-state index contributed by atoms with van der Waals surface area (Å²) in [6.07, 6.45) is 25.5. The van der Waals surface area contributed by atoms with Gasteiger partial charge in [0.1, 0.15) is 0 Å². The first-order valence-corrected chi connectivity index (χ1v) is 29.4. The van der Waals surface area contributed by atoms with E-state index in [0.717, 1.165) is 0 Å². The molecule has 0 aliphatic heterocycles. The monoisotopic (exact) mass is 952 g/mol. The second-order valence-electron chi connectivity index (χ2n) is 25.5. The number of hydrogen-bond acceptors (Lipinski definition) is 1. The normalized spacial score (nSPS) is 17.8. The van der Waals surface area contributed by atoms with Crippen LogP contribution in [0.3, 0.4) is 0 Å². The van der Waals surface area contributed by atoms with Crippen LogP contribution in [0.4, 0.5) is 17.1 Å². The Balaban J connectivity index is 1.39. The molecular weight excluding hydrogens is 855 g/mol. The molecule has 3 aliphatic rings. The highest BCUT2D eigenvalue weighted by Crippen LogP contribution is 2.66. The lowest BCUT2D eigenvalue weighted by Crippen LogP contribution is -2.59. The lowest BCUT2D eigenvalue weighted by atomic mass is 9.40. The molecule has 0 aromatic heterocycles. The third kappa shape index (κ3) is 9.11. The molecule has 0 fully saturated rings. The molecule has 0 bridgehead atoms. The van der Waals surface area contributed by atoms with Crippen molar-refractivity contribution in [3.05, 3.63) is 136 Å². The molecule has 0 saturated carbocycles. The van der Waals surface area contributed by atoms with Gasteiger partial charge in [0.25, 0.3) is 0 Å². The molecule has 0 spiro atoms. The van der Waals surface area contributed by atoms with E-state index in [4.69, 9.17) is 0 Å². The fourth-order valence-electron chi connectivity index (χ4n) is 14.6. The van der Waals surface area contributed by atoms with Crippen molar-refractivity contribution in [2.75, 3.05) is 4.90 Å². The number of aryl methyl sites for hydroxylation is 2. The number of unbranched alkanes of at least 4 members (excludes halogenated alkanes) is 12. The number of rotatable bonds is 23. The zero-order chi connectivity index (χ0) is 51.0. The van der Waals surface area contributed by atoms with Crippen LogP contribution < -0.4 is 4.90 Å². The number of benzene rings is 5. The van der Waals surface area contributed by atoms with Gasteiger partial charge in [0.2, 0.25) is 0 Å².